The Balaban J connectivity index is 2.39. The predicted octanol–water partition coefficient (Wildman–Crippen LogP) is 0.543. The van der Waals surface area contributed by atoms with Gasteiger partial charge in [0.2, 0.25) is 5.96 Å². The molecule has 1 heterocycles. The Hall–Kier alpha value is -0.930. The molecule has 4 N–H and O–H groups in total. The van der Waals surface area contributed by atoms with E-state index >= 15 is 0 Å². The molecule has 0 aromatic heterocycles. The highest BCUT2D eigenvalue weighted by Crippen LogP contribution is 2.23. The molecule has 1 aliphatic rings. The molecule has 0 saturated carbocycles. The van der Waals surface area contributed by atoms with Gasteiger partial charge in [-0.2, -0.15) is 0 Å². The lowest BCUT2D eigenvalue weighted by atomic mass is 9.87. The van der Waals surface area contributed by atoms with Gasteiger partial charge in [-0.3, -0.25) is 0 Å². The van der Waals surface area contributed by atoms with Crippen molar-refractivity contribution in [3.8, 4) is 0 Å². The summed E-state index contributed by atoms with van der Waals surface area (Å²) in [5, 5.41) is 3.50. The highest BCUT2D eigenvalue weighted by molar-refractivity contribution is 5.77. The molecule has 1 fully saturated rings. The predicted molar refractivity (Wildman–Crippen MR) is 54.9 cm³/mol. The zero-order chi connectivity index (χ0) is 9.84. The number of piperidine rings is 1. The molecule has 0 bridgehead atoms. The molecule has 0 aromatic carbocycles. The van der Waals surface area contributed by atoms with Crippen LogP contribution >= 0.6 is 0 Å². The molecule has 4 heteroatoms. The fourth-order valence-electron chi connectivity index (χ4n) is 1.88. The van der Waals surface area contributed by atoms with E-state index in [4.69, 9.17) is 11.6 Å². The van der Waals surface area contributed by atoms with E-state index in [2.05, 4.69) is 23.8 Å². The molecule has 0 amide bonds. The molecule has 76 valence electrons. The number of nitrogens with zero attached hydrogens (tertiary/aromatic N) is 2. The summed E-state index contributed by atoms with van der Waals surface area (Å²) >= 11 is 0. The monoisotopic (exact) mass is 184 g/mol. The van der Waals surface area contributed by atoms with Crippen molar-refractivity contribution in [2.24, 2.45) is 28.5 Å². The first-order chi connectivity index (χ1) is 6.15. The first-order valence-corrected chi connectivity index (χ1v) is 4.93. The van der Waals surface area contributed by atoms with Gasteiger partial charge in [-0.25, -0.2) is 0 Å². The normalized spacial score (nSPS) is 21.2. The summed E-state index contributed by atoms with van der Waals surface area (Å²) in [6.07, 6.45) is 2.40. The van der Waals surface area contributed by atoms with E-state index in [1.807, 2.05) is 0 Å². The van der Waals surface area contributed by atoms with E-state index < -0.39 is 0 Å². The molecule has 13 heavy (non-hydrogen) atoms. The second-order valence-corrected chi connectivity index (χ2v) is 4.06. The average molecular weight is 184 g/mol. The largest absolute Gasteiger partial charge is 0.368 e. The molecule has 0 aromatic rings. The van der Waals surface area contributed by atoms with Crippen LogP contribution in [0.5, 0.6) is 0 Å². The third-order valence-electron chi connectivity index (χ3n) is 2.94. The first kappa shape index (κ1) is 10.2. The van der Waals surface area contributed by atoms with Crippen molar-refractivity contribution in [2.75, 3.05) is 13.1 Å². The van der Waals surface area contributed by atoms with Gasteiger partial charge in [0.25, 0.3) is 0 Å². The standard InChI is InChI=1S/C9H20N4/c1-7(2)8-3-5-13(6-4-8)9(10)12-11/h7-8H,3-6,11H2,1-2H3,(H2,10,12). The molecule has 0 radical (unpaired) electrons. The van der Waals surface area contributed by atoms with Crippen LogP contribution in [-0.4, -0.2) is 23.9 Å². The van der Waals surface area contributed by atoms with Crippen LogP contribution in [0.2, 0.25) is 0 Å². The first-order valence-electron chi connectivity index (χ1n) is 4.93. The van der Waals surface area contributed by atoms with Crippen molar-refractivity contribution >= 4 is 5.96 Å². The SMILES string of the molecule is CC(C)C1CCN(C(N)=NN)CC1. The molecule has 0 aliphatic carbocycles. The Labute approximate surface area is 80.0 Å². The molecular formula is C9H20N4. The Bertz CT molecular complexity index is 180. The van der Waals surface area contributed by atoms with E-state index in [0.717, 1.165) is 24.9 Å². The zero-order valence-electron chi connectivity index (χ0n) is 8.53. The molecule has 1 saturated heterocycles. The van der Waals surface area contributed by atoms with Gasteiger partial charge in [0, 0.05) is 13.1 Å². The highest BCUT2D eigenvalue weighted by atomic mass is 15.3. The van der Waals surface area contributed by atoms with Gasteiger partial charge in [0.15, 0.2) is 0 Å². The molecule has 4 nitrogen and oxygen atoms in total. The molecule has 1 aliphatic heterocycles. The quantitative estimate of drug-likeness (QED) is 0.270. The van der Waals surface area contributed by atoms with Crippen LogP contribution in [0.1, 0.15) is 26.7 Å². The maximum absolute atomic E-state index is 5.62. The lowest BCUT2D eigenvalue weighted by Crippen LogP contribution is -2.44. The molecule has 0 spiro atoms. The van der Waals surface area contributed by atoms with E-state index in [1.165, 1.54) is 12.8 Å². The van der Waals surface area contributed by atoms with E-state index in [9.17, 15) is 0 Å². The number of nitrogens with two attached hydrogens (primary N) is 2. The number of hydrogen-bond acceptors (Lipinski definition) is 2. The number of rotatable bonds is 1. The van der Waals surface area contributed by atoms with Crippen LogP contribution < -0.4 is 11.6 Å². The van der Waals surface area contributed by atoms with Gasteiger partial charge in [-0.1, -0.05) is 13.8 Å². The van der Waals surface area contributed by atoms with Crippen LogP contribution in [0, 0.1) is 11.8 Å². The number of guanidine groups is 1. The van der Waals surface area contributed by atoms with E-state index in [0.29, 0.717) is 5.96 Å². The number of likely N-dealkylation sites (tertiary alicyclic amines) is 1. The minimum atomic E-state index is 0.474. The van der Waals surface area contributed by atoms with Gasteiger partial charge in [0.1, 0.15) is 0 Å². The Morgan fingerprint density at radius 2 is 1.92 bits per heavy atom. The van der Waals surface area contributed by atoms with Gasteiger partial charge < -0.3 is 16.5 Å². The van der Waals surface area contributed by atoms with Crippen molar-refractivity contribution in [3.05, 3.63) is 0 Å². The third kappa shape index (κ3) is 2.50. The zero-order valence-corrected chi connectivity index (χ0v) is 8.53. The summed E-state index contributed by atoms with van der Waals surface area (Å²) in [5.41, 5.74) is 5.62. The smallest absolute Gasteiger partial charge is 0.213 e. The maximum Gasteiger partial charge on any atom is 0.213 e. The number of hydrogen-bond donors (Lipinski definition) is 2. The summed E-state index contributed by atoms with van der Waals surface area (Å²) in [7, 11) is 0. The van der Waals surface area contributed by atoms with Gasteiger partial charge >= 0.3 is 0 Å². The Morgan fingerprint density at radius 1 is 1.38 bits per heavy atom. The highest BCUT2D eigenvalue weighted by Gasteiger charge is 2.22. The van der Waals surface area contributed by atoms with Crippen LogP contribution in [-0.2, 0) is 0 Å². The van der Waals surface area contributed by atoms with Crippen molar-refractivity contribution < 1.29 is 0 Å². The fraction of sp³-hybridized carbons (Fsp3) is 0.889. The third-order valence-corrected chi connectivity index (χ3v) is 2.94. The average Bonchev–Trinajstić information content (AvgIpc) is 2.17. The Morgan fingerprint density at radius 3 is 2.31 bits per heavy atom. The van der Waals surface area contributed by atoms with Crippen molar-refractivity contribution in [2.45, 2.75) is 26.7 Å². The topological polar surface area (TPSA) is 67.6 Å². The minimum absolute atomic E-state index is 0.474. The second kappa shape index (κ2) is 4.35. The van der Waals surface area contributed by atoms with Gasteiger partial charge in [-0.15, -0.1) is 5.10 Å². The molecular weight excluding hydrogens is 164 g/mol. The minimum Gasteiger partial charge on any atom is -0.368 e. The Kier molecular flexibility index (Phi) is 3.39. The van der Waals surface area contributed by atoms with Crippen LogP contribution in [0.15, 0.2) is 5.10 Å². The molecule has 0 atom stereocenters. The van der Waals surface area contributed by atoms with Crippen LogP contribution in [0.4, 0.5) is 0 Å². The van der Waals surface area contributed by atoms with Gasteiger partial charge in [0.05, 0.1) is 0 Å². The van der Waals surface area contributed by atoms with Crippen molar-refractivity contribution in [1.29, 1.82) is 0 Å². The summed E-state index contributed by atoms with van der Waals surface area (Å²) < 4.78 is 0. The maximum atomic E-state index is 5.62. The number of hydrazone groups is 1. The summed E-state index contributed by atoms with van der Waals surface area (Å²) in [5.74, 6) is 7.20. The molecule has 0 unspecified atom stereocenters. The second-order valence-electron chi connectivity index (χ2n) is 4.06. The lowest BCUT2D eigenvalue weighted by molar-refractivity contribution is 0.218. The fourth-order valence-corrected chi connectivity index (χ4v) is 1.88. The van der Waals surface area contributed by atoms with Gasteiger partial charge in [-0.05, 0) is 24.7 Å². The molecule has 1 rings (SSSR count). The summed E-state index contributed by atoms with van der Waals surface area (Å²) in [6, 6.07) is 0. The summed E-state index contributed by atoms with van der Waals surface area (Å²) in [6.45, 7) is 6.55. The lowest BCUT2D eigenvalue weighted by Gasteiger charge is -2.34. The van der Waals surface area contributed by atoms with Crippen LogP contribution in [0.3, 0.4) is 0 Å². The van der Waals surface area contributed by atoms with Crippen molar-refractivity contribution in [3.63, 3.8) is 0 Å². The van der Waals surface area contributed by atoms with E-state index in [-0.39, 0.29) is 0 Å². The summed E-state index contributed by atoms with van der Waals surface area (Å²) in [4.78, 5) is 2.05. The van der Waals surface area contributed by atoms with E-state index in [1.54, 1.807) is 0 Å². The van der Waals surface area contributed by atoms with Crippen molar-refractivity contribution in [1.82, 2.24) is 4.90 Å². The van der Waals surface area contributed by atoms with Crippen LogP contribution in [0.25, 0.3) is 0 Å².